The standard InChI is InChI=1S/C28H26O4/c29-24-11-5-20(6-12-24)1-2-22-9-15-27(16-10-22)32-28-18-23(17-26(31)19-28)4-3-21-7-13-25(30)14-8-21/h5-19,29-31H,1-4H2. The molecule has 0 radical (unpaired) electrons. The lowest BCUT2D eigenvalue weighted by Crippen LogP contribution is -1.93. The fraction of sp³-hybridized carbons (Fsp3) is 0.143. The molecule has 0 bridgehead atoms. The smallest absolute Gasteiger partial charge is 0.131 e. The minimum absolute atomic E-state index is 0.175. The molecule has 0 saturated carbocycles. The zero-order valence-corrected chi connectivity index (χ0v) is 17.7. The first-order valence-corrected chi connectivity index (χ1v) is 10.7. The summed E-state index contributed by atoms with van der Waals surface area (Å²) in [6.07, 6.45) is 3.36. The van der Waals surface area contributed by atoms with Gasteiger partial charge in [0, 0.05) is 6.07 Å². The first-order chi connectivity index (χ1) is 15.5. The Bertz CT molecular complexity index is 1150. The summed E-state index contributed by atoms with van der Waals surface area (Å²) in [5, 5.41) is 28.9. The summed E-state index contributed by atoms with van der Waals surface area (Å²) in [4.78, 5) is 0. The second-order valence-corrected chi connectivity index (χ2v) is 7.91. The van der Waals surface area contributed by atoms with Crippen molar-refractivity contribution in [2.75, 3.05) is 0 Å². The van der Waals surface area contributed by atoms with E-state index < -0.39 is 0 Å². The Balaban J connectivity index is 1.35. The number of hydrogen-bond acceptors (Lipinski definition) is 4. The highest BCUT2D eigenvalue weighted by atomic mass is 16.5. The fourth-order valence-electron chi connectivity index (χ4n) is 3.61. The Morgan fingerprint density at radius 2 is 0.844 bits per heavy atom. The minimum atomic E-state index is 0.175. The van der Waals surface area contributed by atoms with E-state index in [0.29, 0.717) is 11.5 Å². The zero-order chi connectivity index (χ0) is 22.3. The molecule has 3 N–H and O–H groups in total. The van der Waals surface area contributed by atoms with Crippen molar-refractivity contribution in [1.82, 2.24) is 0 Å². The average molecular weight is 427 g/mol. The fourth-order valence-corrected chi connectivity index (χ4v) is 3.61. The summed E-state index contributed by atoms with van der Waals surface area (Å²) in [6.45, 7) is 0. The molecule has 0 atom stereocenters. The van der Waals surface area contributed by atoms with Gasteiger partial charge in [-0.25, -0.2) is 0 Å². The molecule has 0 amide bonds. The summed E-state index contributed by atoms with van der Waals surface area (Å²) in [6, 6.07) is 27.7. The van der Waals surface area contributed by atoms with Gasteiger partial charge in [-0.1, -0.05) is 36.4 Å². The quantitative estimate of drug-likeness (QED) is 0.315. The monoisotopic (exact) mass is 426 g/mol. The van der Waals surface area contributed by atoms with Crippen molar-refractivity contribution in [3.05, 3.63) is 113 Å². The van der Waals surface area contributed by atoms with Crippen molar-refractivity contribution in [1.29, 1.82) is 0 Å². The van der Waals surface area contributed by atoms with Gasteiger partial charge in [0.1, 0.15) is 28.7 Å². The molecule has 162 valence electrons. The molecule has 0 heterocycles. The molecule has 0 aromatic heterocycles. The molecule has 4 rings (SSSR count). The molecule has 0 fully saturated rings. The van der Waals surface area contributed by atoms with Gasteiger partial charge in [-0.05, 0) is 96.5 Å². The van der Waals surface area contributed by atoms with E-state index in [4.69, 9.17) is 4.74 Å². The maximum Gasteiger partial charge on any atom is 0.131 e. The Morgan fingerprint density at radius 1 is 0.406 bits per heavy atom. The van der Waals surface area contributed by atoms with Crippen LogP contribution in [0.3, 0.4) is 0 Å². The first kappa shape index (κ1) is 21.3. The van der Waals surface area contributed by atoms with Crippen LogP contribution in [-0.2, 0) is 25.7 Å². The third kappa shape index (κ3) is 6.05. The summed E-state index contributed by atoms with van der Waals surface area (Å²) in [5.74, 6) is 2.03. The number of rotatable bonds is 8. The minimum Gasteiger partial charge on any atom is -0.508 e. The number of aromatic hydroxyl groups is 3. The van der Waals surface area contributed by atoms with Gasteiger partial charge < -0.3 is 20.1 Å². The molecule has 4 aromatic carbocycles. The van der Waals surface area contributed by atoms with Gasteiger partial charge in [-0.15, -0.1) is 0 Å². The lowest BCUT2D eigenvalue weighted by molar-refractivity contribution is 0.454. The normalized spacial score (nSPS) is 10.8. The molecule has 0 aliphatic carbocycles. The predicted octanol–water partition coefficient (Wildman–Crippen LogP) is 6.17. The maximum absolute atomic E-state index is 10.1. The number of phenolic OH excluding ortho intramolecular Hbond substituents is 3. The Labute approximate surface area is 188 Å². The van der Waals surface area contributed by atoms with E-state index in [1.165, 1.54) is 11.1 Å². The lowest BCUT2D eigenvalue weighted by Gasteiger charge is -2.10. The van der Waals surface area contributed by atoms with Gasteiger partial charge in [-0.2, -0.15) is 0 Å². The van der Waals surface area contributed by atoms with Gasteiger partial charge in [-0.3, -0.25) is 0 Å². The van der Waals surface area contributed by atoms with Crippen LogP contribution in [0.4, 0.5) is 0 Å². The molecule has 0 aliphatic rings. The molecule has 32 heavy (non-hydrogen) atoms. The Morgan fingerprint density at radius 3 is 1.34 bits per heavy atom. The molecule has 0 saturated heterocycles. The van der Waals surface area contributed by atoms with Crippen molar-refractivity contribution in [3.63, 3.8) is 0 Å². The molecular formula is C28H26O4. The van der Waals surface area contributed by atoms with Gasteiger partial charge in [0.25, 0.3) is 0 Å². The van der Waals surface area contributed by atoms with Gasteiger partial charge in [0.05, 0.1) is 0 Å². The molecule has 4 nitrogen and oxygen atoms in total. The van der Waals surface area contributed by atoms with E-state index in [9.17, 15) is 15.3 Å². The number of phenols is 3. The molecular weight excluding hydrogens is 400 g/mol. The SMILES string of the molecule is Oc1ccc(CCc2ccc(Oc3cc(O)cc(CCc4ccc(O)cc4)c3)cc2)cc1. The highest BCUT2D eigenvalue weighted by Crippen LogP contribution is 2.28. The molecule has 0 spiro atoms. The molecule has 4 heteroatoms. The van der Waals surface area contributed by atoms with E-state index in [-0.39, 0.29) is 17.2 Å². The van der Waals surface area contributed by atoms with Crippen LogP contribution >= 0.6 is 0 Å². The third-order valence-corrected chi connectivity index (χ3v) is 5.39. The number of benzene rings is 4. The van der Waals surface area contributed by atoms with E-state index in [2.05, 4.69) is 0 Å². The predicted molar refractivity (Wildman–Crippen MR) is 126 cm³/mol. The van der Waals surface area contributed by atoms with Crippen LogP contribution in [0.2, 0.25) is 0 Å². The van der Waals surface area contributed by atoms with Crippen LogP contribution < -0.4 is 4.74 Å². The lowest BCUT2D eigenvalue weighted by atomic mass is 10.0. The summed E-state index contributed by atoms with van der Waals surface area (Å²) in [7, 11) is 0. The van der Waals surface area contributed by atoms with Crippen LogP contribution in [0.1, 0.15) is 22.3 Å². The van der Waals surface area contributed by atoms with Crippen LogP contribution in [-0.4, -0.2) is 15.3 Å². The van der Waals surface area contributed by atoms with E-state index in [1.54, 1.807) is 36.4 Å². The van der Waals surface area contributed by atoms with Gasteiger partial charge in [0.15, 0.2) is 0 Å². The van der Waals surface area contributed by atoms with Gasteiger partial charge in [0.2, 0.25) is 0 Å². The molecule has 0 aliphatic heterocycles. The van der Waals surface area contributed by atoms with Crippen LogP contribution in [0.15, 0.2) is 91.0 Å². The maximum atomic E-state index is 10.1. The zero-order valence-electron chi connectivity index (χ0n) is 17.7. The van der Waals surface area contributed by atoms with Crippen molar-refractivity contribution in [2.24, 2.45) is 0 Å². The van der Waals surface area contributed by atoms with E-state index >= 15 is 0 Å². The largest absolute Gasteiger partial charge is 0.508 e. The van der Waals surface area contributed by atoms with E-state index in [1.807, 2.05) is 54.6 Å². The van der Waals surface area contributed by atoms with E-state index in [0.717, 1.165) is 36.8 Å². The summed E-state index contributed by atoms with van der Waals surface area (Å²) < 4.78 is 5.98. The Kier molecular flexibility index (Phi) is 6.61. The van der Waals surface area contributed by atoms with Crippen molar-refractivity contribution >= 4 is 0 Å². The molecule has 0 unspecified atom stereocenters. The van der Waals surface area contributed by atoms with Crippen molar-refractivity contribution in [3.8, 4) is 28.7 Å². The highest BCUT2D eigenvalue weighted by molar-refractivity contribution is 5.41. The summed E-state index contributed by atoms with van der Waals surface area (Å²) in [5.41, 5.74) is 4.49. The van der Waals surface area contributed by atoms with Crippen LogP contribution in [0.5, 0.6) is 28.7 Å². The van der Waals surface area contributed by atoms with Crippen LogP contribution in [0, 0.1) is 0 Å². The number of ether oxygens (including phenoxy) is 1. The molecule has 4 aromatic rings. The summed E-state index contributed by atoms with van der Waals surface area (Å²) >= 11 is 0. The second-order valence-electron chi connectivity index (χ2n) is 7.91. The highest BCUT2D eigenvalue weighted by Gasteiger charge is 2.05. The first-order valence-electron chi connectivity index (χ1n) is 10.7. The van der Waals surface area contributed by atoms with Crippen molar-refractivity contribution < 1.29 is 20.1 Å². The Hall–Kier alpha value is -3.92. The number of aryl methyl sites for hydroxylation is 4. The van der Waals surface area contributed by atoms with Gasteiger partial charge >= 0.3 is 0 Å². The third-order valence-electron chi connectivity index (χ3n) is 5.39. The number of hydrogen-bond donors (Lipinski definition) is 3. The van der Waals surface area contributed by atoms with Crippen LogP contribution in [0.25, 0.3) is 0 Å². The second kappa shape index (κ2) is 9.92. The topological polar surface area (TPSA) is 69.9 Å². The average Bonchev–Trinajstić information content (AvgIpc) is 2.79. The van der Waals surface area contributed by atoms with Crippen molar-refractivity contribution in [2.45, 2.75) is 25.7 Å².